The number of fused-ring (bicyclic) bond motifs is 3. The highest BCUT2D eigenvalue weighted by Gasteiger charge is 2.40. The second-order valence-corrected chi connectivity index (χ2v) is 10.1. The molecule has 3 aromatic carbocycles. The molecule has 4 aromatic rings. The van der Waals surface area contributed by atoms with Crippen molar-refractivity contribution < 1.29 is 29.0 Å². The van der Waals surface area contributed by atoms with Gasteiger partial charge in [0.05, 0.1) is 29.7 Å². The average molecular weight is 556 g/mol. The molecule has 41 heavy (non-hydrogen) atoms. The van der Waals surface area contributed by atoms with Crippen LogP contribution in [0.5, 0.6) is 11.5 Å². The smallest absolute Gasteiger partial charge is 0.325 e. The quantitative estimate of drug-likeness (QED) is 0.355. The lowest BCUT2D eigenvalue weighted by atomic mass is 10.1. The maximum absolute atomic E-state index is 14.0. The van der Waals surface area contributed by atoms with Crippen LogP contribution in [-0.2, 0) is 29.1 Å². The number of ether oxygens (including phenoxy) is 2. The van der Waals surface area contributed by atoms with Gasteiger partial charge in [-0.25, -0.2) is 9.78 Å². The first kappa shape index (κ1) is 26.2. The lowest BCUT2D eigenvalue weighted by Gasteiger charge is -2.33. The maximum atomic E-state index is 14.0. The van der Waals surface area contributed by atoms with Gasteiger partial charge in [-0.05, 0) is 47.9 Å². The number of H-pyrrole nitrogens is 1. The highest BCUT2D eigenvalue weighted by atomic mass is 16.7. The number of carboxylic acid groups (broad SMARTS) is 1. The van der Waals surface area contributed by atoms with Crippen molar-refractivity contribution in [2.24, 2.45) is 0 Å². The summed E-state index contributed by atoms with van der Waals surface area (Å²) >= 11 is 0. The number of amides is 3. The Morgan fingerprint density at radius 1 is 1.07 bits per heavy atom. The van der Waals surface area contributed by atoms with E-state index in [0.717, 1.165) is 22.2 Å². The lowest BCUT2D eigenvalue weighted by molar-refractivity contribution is -0.142. The Kier molecular flexibility index (Phi) is 6.92. The molecule has 2 N–H and O–H groups in total. The number of aromatic amines is 1. The van der Waals surface area contributed by atoms with Gasteiger partial charge < -0.3 is 29.4 Å². The normalized spacial score (nSPS) is 16.0. The fourth-order valence-corrected chi connectivity index (χ4v) is 5.34. The van der Waals surface area contributed by atoms with E-state index in [2.05, 4.69) is 9.97 Å². The number of carbonyl (C=O) groups is 3. The number of carboxylic acids is 1. The fourth-order valence-electron chi connectivity index (χ4n) is 5.34. The topological polar surface area (TPSA) is 128 Å². The molecule has 2 aliphatic rings. The van der Waals surface area contributed by atoms with Crippen molar-refractivity contribution in [2.75, 3.05) is 25.3 Å². The van der Waals surface area contributed by atoms with Gasteiger partial charge >= 0.3 is 12.0 Å². The lowest BCUT2D eigenvalue weighted by Crippen LogP contribution is -2.53. The van der Waals surface area contributed by atoms with Gasteiger partial charge in [0, 0.05) is 20.1 Å². The Labute approximate surface area is 235 Å². The molecule has 2 aliphatic heterocycles. The van der Waals surface area contributed by atoms with E-state index in [1.54, 1.807) is 24.1 Å². The van der Waals surface area contributed by atoms with Crippen LogP contribution in [-0.4, -0.2) is 69.2 Å². The molecular formula is C30H29N5O6. The van der Waals surface area contributed by atoms with Crippen LogP contribution in [0.25, 0.3) is 11.0 Å². The highest BCUT2D eigenvalue weighted by Crippen LogP contribution is 2.34. The molecule has 6 rings (SSSR count). The number of aromatic nitrogens is 2. The zero-order valence-corrected chi connectivity index (χ0v) is 22.4. The number of benzene rings is 3. The van der Waals surface area contributed by atoms with Gasteiger partial charge in [-0.1, -0.05) is 36.4 Å². The molecule has 3 amide bonds. The van der Waals surface area contributed by atoms with E-state index in [9.17, 15) is 19.5 Å². The Bertz CT molecular complexity index is 1600. The van der Waals surface area contributed by atoms with Gasteiger partial charge in [0.15, 0.2) is 11.5 Å². The van der Waals surface area contributed by atoms with Gasteiger partial charge in [0.2, 0.25) is 12.7 Å². The molecule has 0 saturated heterocycles. The van der Waals surface area contributed by atoms with E-state index in [0.29, 0.717) is 36.0 Å². The molecule has 0 radical (unpaired) electrons. The first-order chi connectivity index (χ1) is 19.9. The summed E-state index contributed by atoms with van der Waals surface area (Å²) < 4.78 is 10.9. The number of nitrogens with zero attached hydrogens (tertiary/aromatic N) is 4. The summed E-state index contributed by atoms with van der Waals surface area (Å²) in [6.07, 6.45) is -0.0118. The van der Waals surface area contributed by atoms with Crippen LogP contribution in [0.3, 0.4) is 0 Å². The number of para-hydroxylation sites is 3. The third-order valence-electron chi connectivity index (χ3n) is 7.35. The van der Waals surface area contributed by atoms with E-state index in [-0.39, 0.29) is 19.9 Å². The second kappa shape index (κ2) is 10.8. The van der Waals surface area contributed by atoms with Crippen molar-refractivity contribution >= 4 is 34.6 Å². The third-order valence-corrected chi connectivity index (χ3v) is 7.35. The molecule has 1 aromatic heterocycles. The molecule has 11 heteroatoms. The van der Waals surface area contributed by atoms with Crippen molar-refractivity contribution in [3.63, 3.8) is 0 Å². The Morgan fingerprint density at radius 3 is 2.68 bits per heavy atom. The van der Waals surface area contributed by atoms with Gasteiger partial charge in [0.25, 0.3) is 0 Å². The number of hydrogen-bond donors (Lipinski definition) is 2. The van der Waals surface area contributed by atoms with Crippen LogP contribution in [0.1, 0.15) is 23.4 Å². The van der Waals surface area contributed by atoms with Crippen molar-refractivity contribution in [2.45, 2.75) is 32.0 Å². The minimum atomic E-state index is -1.22. The molecule has 11 nitrogen and oxygen atoms in total. The summed E-state index contributed by atoms with van der Waals surface area (Å²) in [7, 11) is 1.61. The van der Waals surface area contributed by atoms with Gasteiger partial charge in [0.1, 0.15) is 11.9 Å². The Hall–Kier alpha value is -5.06. The predicted molar refractivity (Wildman–Crippen MR) is 150 cm³/mol. The zero-order chi connectivity index (χ0) is 28.5. The minimum Gasteiger partial charge on any atom is -0.481 e. The van der Waals surface area contributed by atoms with Crippen LogP contribution in [0.2, 0.25) is 0 Å². The number of urea groups is 1. The Balaban J connectivity index is 1.28. The maximum Gasteiger partial charge on any atom is 0.325 e. The average Bonchev–Trinajstić information content (AvgIpc) is 3.58. The molecular weight excluding hydrogens is 526 g/mol. The molecule has 0 saturated carbocycles. The summed E-state index contributed by atoms with van der Waals surface area (Å²) in [6.45, 7) is 0.895. The molecule has 3 heterocycles. The number of hydrogen-bond acceptors (Lipinski definition) is 6. The third kappa shape index (κ3) is 5.25. The first-order valence-corrected chi connectivity index (χ1v) is 13.3. The van der Waals surface area contributed by atoms with E-state index >= 15 is 0 Å². The number of anilines is 1. The first-order valence-electron chi connectivity index (χ1n) is 13.3. The monoisotopic (exact) mass is 555 g/mol. The van der Waals surface area contributed by atoms with Crippen molar-refractivity contribution in [3.05, 3.63) is 83.7 Å². The predicted octanol–water partition coefficient (Wildman–Crippen LogP) is 3.78. The Morgan fingerprint density at radius 2 is 1.85 bits per heavy atom. The molecule has 1 unspecified atom stereocenters. The van der Waals surface area contributed by atoms with E-state index in [4.69, 9.17) is 9.47 Å². The summed E-state index contributed by atoms with van der Waals surface area (Å²) in [5.41, 5.74) is 3.85. The molecule has 210 valence electrons. The van der Waals surface area contributed by atoms with Crippen molar-refractivity contribution in [3.8, 4) is 11.5 Å². The van der Waals surface area contributed by atoms with Crippen LogP contribution in [0.15, 0.2) is 66.7 Å². The van der Waals surface area contributed by atoms with Gasteiger partial charge in [-0.15, -0.1) is 0 Å². The number of rotatable bonds is 7. The fraction of sp³-hybridized carbons (Fsp3) is 0.267. The number of imidazole rings is 1. The highest BCUT2D eigenvalue weighted by molar-refractivity contribution is 6.03. The summed E-state index contributed by atoms with van der Waals surface area (Å²) in [4.78, 5) is 52.1. The molecule has 0 fully saturated rings. The molecule has 0 aliphatic carbocycles. The van der Waals surface area contributed by atoms with Crippen LogP contribution in [0, 0.1) is 0 Å². The van der Waals surface area contributed by atoms with E-state index < -0.39 is 30.4 Å². The molecule has 0 spiro atoms. The summed E-state index contributed by atoms with van der Waals surface area (Å²) in [6, 6.07) is 18.7. The van der Waals surface area contributed by atoms with E-state index in [1.165, 1.54) is 9.80 Å². The largest absolute Gasteiger partial charge is 0.481 e. The van der Waals surface area contributed by atoms with Crippen LogP contribution in [0.4, 0.5) is 10.5 Å². The van der Waals surface area contributed by atoms with Gasteiger partial charge in [-0.2, -0.15) is 0 Å². The van der Waals surface area contributed by atoms with Crippen molar-refractivity contribution in [1.29, 1.82) is 0 Å². The second-order valence-electron chi connectivity index (χ2n) is 10.1. The van der Waals surface area contributed by atoms with Gasteiger partial charge in [-0.3, -0.25) is 14.5 Å². The summed E-state index contributed by atoms with van der Waals surface area (Å²) in [5.74, 6) is 0.321. The van der Waals surface area contributed by atoms with Crippen LogP contribution >= 0.6 is 0 Å². The van der Waals surface area contributed by atoms with Crippen LogP contribution < -0.4 is 14.4 Å². The standard InChI is InChI=1S/C30H29N5O6/c1-33(17-27-31-21-7-3-4-8-22(21)32-27)30(39)35-23-9-5-2-6-20(23)16-34(29(38)24(35)15-28(36)37)13-12-19-10-11-25-26(14-19)41-18-40-25/h2-11,14,24H,12-13,15-18H2,1H3,(H,31,32)(H,36,37). The number of carbonyl (C=O) groups excluding carboxylic acids is 2. The number of nitrogens with one attached hydrogen (secondary N) is 1. The SMILES string of the molecule is CN(Cc1nc2ccccc2[nH]1)C(=O)N1c2ccccc2CN(CCc2ccc3c(c2)OCO3)C(=O)C1CC(=O)O. The zero-order valence-electron chi connectivity index (χ0n) is 22.4. The molecule has 1 atom stereocenters. The van der Waals surface area contributed by atoms with E-state index in [1.807, 2.05) is 54.6 Å². The minimum absolute atomic E-state index is 0.147. The van der Waals surface area contributed by atoms with Crippen molar-refractivity contribution in [1.82, 2.24) is 19.8 Å². The molecule has 0 bridgehead atoms. The summed E-state index contributed by atoms with van der Waals surface area (Å²) in [5, 5.41) is 9.80. The number of aliphatic carboxylic acids is 1.